The first kappa shape index (κ1) is 13.8. The van der Waals surface area contributed by atoms with Gasteiger partial charge in [-0.2, -0.15) is 0 Å². The molecule has 0 unspecified atom stereocenters. The zero-order chi connectivity index (χ0) is 15.0. The van der Waals surface area contributed by atoms with Gasteiger partial charge in [0.05, 0.1) is 24.9 Å². The van der Waals surface area contributed by atoms with Crippen molar-refractivity contribution in [2.24, 2.45) is 0 Å². The SMILES string of the molecule is COc1c(C(C)=O)c(O)c(OC2CCCC2)c2occc12. The molecular formula is C16H18O5. The molecule has 21 heavy (non-hydrogen) atoms. The molecule has 1 saturated carbocycles. The number of fused-ring (bicyclic) bond motifs is 1. The van der Waals surface area contributed by atoms with Gasteiger partial charge in [-0.1, -0.05) is 0 Å². The third kappa shape index (κ3) is 2.22. The number of phenols is 1. The van der Waals surface area contributed by atoms with Crippen molar-refractivity contribution in [3.8, 4) is 17.2 Å². The van der Waals surface area contributed by atoms with E-state index in [1.165, 1.54) is 20.3 Å². The number of ether oxygens (including phenoxy) is 2. The lowest BCUT2D eigenvalue weighted by molar-refractivity contribution is 0.101. The van der Waals surface area contributed by atoms with Crippen LogP contribution in [0.25, 0.3) is 11.0 Å². The van der Waals surface area contributed by atoms with E-state index in [1.807, 2.05) is 0 Å². The van der Waals surface area contributed by atoms with Crippen LogP contribution in [0.5, 0.6) is 17.2 Å². The lowest BCUT2D eigenvalue weighted by atomic mass is 10.0. The molecule has 1 aromatic carbocycles. The van der Waals surface area contributed by atoms with Gasteiger partial charge in [0.1, 0.15) is 11.3 Å². The molecule has 0 saturated heterocycles. The maximum Gasteiger partial charge on any atom is 0.205 e. The van der Waals surface area contributed by atoms with Crippen molar-refractivity contribution in [2.75, 3.05) is 7.11 Å². The maximum atomic E-state index is 11.9. The Balaban J connectivity index is 2.20. The fraction of sp³-hybridized carbons (Fsp3) is 0.438. The molecule has 0 atom stereocenters. The van der Waals surface area contributed by atoms with Crippen LogP contribution in [0.15, 0.2) is 16.7 Å². The summed E-state index contributed by atoms with van der Waals surface area (Å²) in [5.74, 6) is 0.0906. The highest BCUT2D eigenvalue weighted by Gasteiger charge is 2.28. The van der Waals surface area contributed by atoms with Crippen molar-refractivity contribution in [3.05, 3.63) is 17.9 Å². The fourth-order valence-electron chi connectivity index (χ4n) is 2.95. The van der Waals surface area contributed by atoms with Gasteiger partial charge in [0, 0.05) is 0 Å². The van der Waals surface area contributed by atoms with Crippen LogP contribution in [0, 0.1) is 0 Å². The molecule has 1 fully saturated rings. The normalized spacial score (nSPS) is 15.5. The van der Waals surface area contributed by atoms with Gasteiger partial charge < -0.3 is 19.0 Å². The molecule has 1 N–H and O–H groups in total. The molecule has 1 heterocycles. The zero-order valence-electron chi connectivity index (χ0n) is 12.1. The van der Waals surface area contributed by atoms with Crippen LogP contribution in [0.4, 0.5) is 0 Å². The lowest BCUT2D eigenvalue weighted by Crippen LogP contribution is -2.12. The van der Waals surface area contributed by atoms with Crippen molar-refractivity contribution in [1.82, 2.24) is 0 Å². The predicted molar refractivity (Wildman–Crippen MR) is 77.3 cm³/mol. The summed E-state index contributed by atoms with van der Waals surface area (Å²) in [5, 5.41) is 11.1. The molecular weight excluding hydrogens is 272 g/mol. The molecule has 5 heteroatoms. The zero-order valence-corrected chi connectivity index (χ0v) is 12.1. The van der Waals surface area contributed by atoms with Crippen LogP contribution in [0.3, 0.4) is 0 Å². The quantitative estimate of drug-likeness (QED) is 0.870. The smallest absolute Gasteiger partial charge is 0.205 e. The number of carbonyl (C=O) groups is 1. The van der Waals surface area contributed by atoms with Gasteiger partial charge in [-0.05, 0) is 38.7 Å². The first-order valence-electron chi connectivity index (χ1n) is 7.11. The number of phenolic OH excluding ortho intramolecular Hbond substituents is 1. The monoisotopic (exact) mass is 290 g/mol. The summed E-state index contributed by atoms with van der Waals surface area (Å²) in [6, 6.07) is 1.71. The summed E-state index contributed by atoms with van der Waals surface area (Å²) in [7, 11) is 1.46. The topological polar surface area (TPSA) is 68.9 Å². The molecule has 1 aliphatic carbocycles. The summed E-state index contributed by atoms with van der Waals surface area (Å²) in [6.07, 6.45) is 5.67. The third-order valence-corrected chi connectivity index (χ3v) is 3.94. The Hall–Kier alpha value is -2.17. The number of Topliss-reactive ketones (excluding diaryl/α,β-unsaturated/α-hetero) is 1. The second kappa shape index (κ2) is 5.31. The van der Waals surface area contributed by atoms with Gasteiger partial charge in [0.25, 0.3) is 0 Å². The number of furan rings is 1. The fourth-order valence-corrected chi connectivity index (χ4v) is 2.95. The van der Waals surface area contributed by atoms with Gasteiger partial charge in [-0.3, -0.25) is 4.79 Å². The van der Waals surface area contributed by atoms with Gasteiger partial charge in [0.2, 0.25) is 5.75 Å². The number of hydrogen-bond acceptors (Lipinski definition) is 5. The minimum absolute atomic E-state index is 0.0532. The van der Waals surface area contributed by atoms with Gasteiger partial charge >= 0.3 is 0 Å². The van der Waals surface area contributed by atoms with Gasteiger partial charge in [-0.25, -0.2) is 0 Å². The number of methoxy groups -OCH3 is 1. The molecule has 2 aromatic rings. The van der Waals surface area contributed by atoms with Crippen molar-refractivity contribution in [1.29, 1.82) is 0 Å². The van der Waals surface area contributed by atoms with E-state index < -0.39 is 0 Å². The number of rotatable bonds is 4. The van der Waals surface area contributed by atoms with E-state index in [9.17, 15) is 9.90 Å². The van der Waals surface area contributed by atoms with E-state index in [-0.39, 0.29) is 28.9 Å². The Morgan fingerprint density at radius 3 is 2.67 bits per heavy atom. The molecule has 1 aromatic heterocycles. The first-order chi connectivity index (χ1) is 10.1. The van der Waals surface area contributed by atoms with Crippen molar-refractivity contribution in [3.63, 3.8) is 0 Å². The average Bonchev–Trinajstić information content (AvgIpc) is 3.11. The molecule has 0 radical (unpaired) electrons. The molecule has 0 aliphatic heterocycles. The highest BCUT2D eigenvalue weighted by atomic mass is 16.5. The third-order valence-electron chi connectivity index (χ3n) is 3.94. The van der Waals surface area contributed by atoms with Crippen LogP contribution in [0.2, 0.25) is 0 Å². The van der Waals surface area contributed by atoms with Crippen LogP contribution in [0.1, 0.15) is 43.0 Å². The number of carbonyl (C=O) groups excluding carboxylic acids is 1. The molecule has 0 bridgehead atoms. The highest BCUT2D eigenvalue weighted by Crippen LogP contribution is 2.46. The van der Waals surface area contributed by atoms with Gasteiger partial charge in [0.15, 0.2) is 17.1 Å². The van der Waals surface area contributed by atoms with E-state index >= 15 is 0 Å². The molecule has 3 rings (SSSR count). The number of benzene rings is 1. The number of hydrogen-bond donors (Lipinski definition) is 1. The Morgan fingerprint density at radius 2 is 2.05 bits per heavy atom. The second-order valence-electron chi connectivity index (χ2n) is 5.33. The van der Waals surface area contributed by atoms with Crippen LogP contribution in [-0.4, -0.2) is 24.1 Å². The average molecular weight is 290 g/mol. The minimum atomic E-state index is -0.274. The number of aromatic hydroxyl groups is 1. The van der Waals surface area contributed by atoms with E-state index in [2.05, 4.69) is 0 Å². The van der Waals surface area contributed by atoms with E-state index in [0.29, 0.717) is 16.7 Å². The second-order valence-corrected chi connectivity index (χ2v) is 5.33. The first-order valence-corrected chi connectivity index (χ1v) is 7.11. The Kier molecular flexibility index (Phi) is 3.49. The van der Waals surface area contributed by atoms with Crippen molar-refractivity contribution < 1.29 is 23.8 Å². The minimum Gasteiger partial charge on any atom is -0.504 e. The Labute approximate surface area is 122 Å². The summed E-state index contributed by atoms with van der Waals surface area (Å²) < 4.78 is 16.6. The Bertz CT molecular complexity index is 680. The standard InChI is InChI=1S/C16H18O5/c1-9(17)12-13(18)16(21-10-5-3-4-6-10)15-11(7-8-20-15)14(12)19-2/h7-8,10,18H,3-6H2,1-2H3. The molecule has 5 nitrogen and oxygen atoms in total. The molecule has 1 aliphatic rings. The van der Waals surface area contributed by atoms with E-state index in [4.69, 9.17) is 13.9 Å². The Morgan fingerprint density at radius 1 is 1.33 bits per heavy atom. The number of ketones is 1. The van der Waals surface area contributed by atoms with Crippen LogP contribution < -0.4 is 9.47 Å². The summed E-state index contributed by atoms with van der Waals surface area (Å²) in [6.45, 7) is 1.39. The lowest BCUT2D eigenvalue weighted by Gasteiger charge is -2.17. The largest absolute Gasteiger partial charge is 0.504 e. The van der Waals surface area contributed by atoms with Crippen LogP contribution in [-0.2, 0) is 0 Å². The highest BCUT2D eigenvalue weighted by molar-refractivity contribution is 6.08. The van der Waals surface area contributed by atoms with Crippen LogP contribution >= 0.6 is 0 Å². The van der Waals surface area contributed by atoms with E-state index in [0.717, 1.165) is 25.7 Å². The predicted octanol–water partition coefficient (Wildman–Crippen LogP) is 3.67. The maximum absolute atomic E-state index is 11.9. The molecule has 0 amide bonds. The summed E-state index contributed by atoms with van der Waals surface area (Å²) >= 11 is 0. The summed E-state index contributed by atoms with van der Waals surface area (Å²) in [4.78, 5) is 11.9. The van der Waals surface area contributed by atoms with E-state index in [1.54, 1.807) is 6.07 Å². The molecule has 0 spiro atoms. The van der Waals surface area contributed by atoms with Crippen molar-refractivity contribution in [2.45, 2.75) is 38.7 Å². The van der Waals surface area contributed by atoms with Gasteiger partial charge in [-0.15, -0.1) is 0 Å². The summed E-state index contributed by atoms with van der Waals surface area (Å²) in [5.41, 5.74) is 0.556. The van der Waals surface area contributed by atoms with Crippen molar-refractivity contribution >= 4 is 16.8 Å². The molecule has 112 valence electrons.